The number of benzene rings is 2. The smallest absolute Gasteiger partial charge is 0.301 e. The Labute approximate surface area is 240 Å². The largest absolute Gasteiger partial charge is 0.505 e. The molecule has 5 aromatic rings. The van der Waals surface area contributed by atoms with Gasteiger partial charge in [-0.05, 0) is 74.2 Å². The van der Waals surface area contributed by atoms with Gasteiger partial charge in [0.25, 0.3) is 5.78 Å². The summed E-state index contributed by atoms with van der Waals surface area (Å²) in [5.41, 5.74) is 5.92. The summed E-state index contributed by atoms with van der Waals surface area (Å²) in [7, 11) is 0. The van der Waals surface area contributed by atoms with Gasteiger partial charge in [-0.15, -0.1) is 0 Å². The van der Waals surface area contributed by atoms with Crippen LogP contribution in [0.2, 0.25) is 0 Å². The SMILES string of the molecule is C=CCOc1ccc(C2/C(=C(\O)c3nc4c(C)cccn4c3C)C(=O)C(=O)N2c2nc3c(C)cc(C)cc3s2)cc1. The van der Waals surface area contributed by atoms with E-state index in [9.17, 15) is 14.7 Å². The monoisotopic (exact) mass is 564 g/mol. The number of aryl methyl sites for hydroxylation is 4. The van der Waals surface area contributed by atoms with Crippen molar-refractivity contribution in [2.45, 2.75) is 33.7 Å². The van der Waals surface area contributed by atoms with Gasteiger partial charge in [-0.2, -0.15) is 0 Å². The fourth-order valence-corrected chi connectivity index (χ4v) is 6.55. The number of thiazole rings is 1. The van der Waals surface area contributed by atoms with E-state index in [2.05, 4.69) is 11.6 Å². The lowest BCUT2D eigenvalue weighted by molar-refractivity contribution is -0.132. The Balaban J connectivity index is 1.57. The van der Waals surface area contributed by atoms with Crippen molar-refractivity contribution in [1.82, 2.24) is 14.4 Å². The molecule has 4 heterocycles. The molecule has 1 aliphatic rings. The Hall–Kier alpha value is -4.76. The molecule has 1 saturated heterocycles. The van der Waals surface area contributed by atoms with Crippen LogP contribution < -0.4 is 9.64 Å². The van der Waals surface area contributed by atoms with E-state index in [1.807, 2.05) is 62.6 Å². The van der Waals surface area contributed by atoms with Crippen molar-refractivity contribution in [2.24, 2.45) is 0 Å². The van der Waals surface area contributed by atoms with Gasteiger partial charge >= 0.3 is 5.91 Å². The number of fused-ring (bicyclic) bond motifs is 2. The fraction of sp³-hybridized carbons (Fsp3) is 0.188. The molecule has 41 heavy (non-hydrogen) atoms. The van der Waals surface area contributed by atoms with Crippen LogP contribution in [0.3, 0.4) is 0 Å². The summed E-state index contributed by atoms with van der Waals surface area (Å²) >= 11 is 1.34. The first-order valence-corrected chi connectivity index (χ1v) is 14.0. The van der Waals surface area contributed by atoms with E-state index >= 15 is 0 Å². The van der Waals surface area contributed by atoms with Gasteiger partial charge in [0.1, 0.15) is 23.7 Å². The summed E-state index contributed by atoms with van der Waals surface area (Å²) in [6, 6.07) is 14.1. The number of aliphatic hydroxyl groups excluding tert-OH is 1. The quantitative estimate of drug-likeness (QED) is 0.111. The summed E-state index contributed by atoms with van der Waals surface area (Å²) in [4.78, 5) is 38.3. The number of anilines is 1. The van der Waals surface area contributed by atoms with Crippen LogP contribution in [0.1, 0.15) is 39.7 Å². The number of pyridine rings is 1. The van der Waals surface area contributed by atoms with Gasteiger partial charge in [0, 0.05) is 6.20 Å². The van der Waals surface area contributed by atoms with Crippen LogP contribution >= 0.6 is 11.3 Å². The van der Waals surface area contributed by atoms with E-state index < -0.39 is 17.7 Å². The molecular weight excluding hydrogens is 536 g/mol. The number of carbonyl (C=O) groups is 2. The maximum atomic E-state index is 13.7. The zero-order chi connectivity index (χ0) is 29.0. The first-order valence-electron chi connectivity index (χ1n) is 13.2. The lowest BCUT2D eigenvalue weighted by atomic mass is 9.96. The number of carbonyl (C=O) groups excluding carboxylic acids is 2. The van der Waals surface area contributed by atoms with Gasteiger partial charge in [-0.25, -0.2) is 9.97 Å². The van der Waals surface area contributed by atoms with E-state index in [1.54, 1.807) is 30.3 Å². The number of ketones is 1. The summed E-state index contributed by atoms with van der Waals surface area (Å²) in [5, 5.41) is 12.1. The van der Waals surface area contributed by atoms with E-state index in [0.29, 0.717) is 34.4 Å². The zero-order valence-electron chi connectivity index (χ0n) is 23.1. The topological polar surface area (TPSA) is 97.0 Å². The molecule has 1 aliphatic heterocycles. The van der Waals surface area contributed by atoms with Gasteiger partial charge in [-0.3, -0.25) is 14.5 Å². The number of hydrogen-bond acceptors (Lipinski definition) is 7. The second kappa shape index (κ2) is 10.0. The Morgan fingerprint density at radius 2 is 1.83 bits per heavy atom. The van der Waals surface area contributed by atoms with Gasteiger partial charge in [0.15, 0.2) is 10.9 Å². The van der Waals surface area contributed by atoms with Gasteiger partial charge in [0.2, 0.25) is 0 Å². The third-order valence-corrected chi connectivity index (χ3v) is 8.34. The number of amides is 1. The lowest BCUT2D eigenvalue weighted by Crippen LogP contribution is -2.29. The molecule has 6 rings (SSSR count). The molecule has 9 heteroatoms. The summed E-state index contributed by atoms with van der Waals surface area (Å²) < 4.78 is 8.42. The van der Waals surface area contributed by atoms with E-state index in [-0.39, 0.29) is 17.0 Å². The highest BCUT2D eigenvalue weighted by atomic mass is 32.1. The zero-order valence-corrected chi connectivity index (χ0v) is 24.0. The number of ether oxygens (including phenoxy) is 1. The van der Waals surface area contributed by atoms with E-state index in [0.717, 1.165) is 26.9 Å². The van der Waals surface area contributed by atoms with Crippen molar-refractivity contribution in [2.75, 3.05) is 11.5 Å². The fourth-order valence-electron chi connectivity index (χ4n) is 5.38. The average Bonchev–Trinajstić information content (AvgIpc) is 3.60. The standard InChI is InChI=1S/C32H28N4O4S/c1-6-14-40-22-11-9-21(10-12-22)27-24(28(37)26-20(5)35-13-7-8-18(3)30(35)33-26)29(38)31(39)36(27)32-34-25-19(4)15-17(2)16-23(25)41-32/h6-13,15-16,27,37H,1,14H2,2-5H3/b28-24+. The summed E-state index contributed by atoms with van der Waals surface area (Å²) in [6.45, 7) is 11.8. The highest BCUT2D eigenvalue weighted by Crippen LogP contribution is 2.45. The molecule has 1 amide bonds. The molecule has 0 radical (unpaired) electrons. The second-order valence-electron chi connectivity index (χ2n) is 10.2. The number of hydrogen-bond donors (Lipinski definition) is 1. The number of nitrogens with zero attached hydrogens (tertiary/aromatic N) is 4. The molecule has 0 spiro atoms. The molecule has 0 saturated carbocycles. The van der Waals surface area contributed by atoms with Crippen molar-refractivity contribution in [3.05, 3.63) is 107 Å². The summed E-state index contributed by atoms with van der Waals surface area (Å²) in [6.07, 6.45) is 3.50. The van der Waals surface area contributed by atoms with Crippen LogP contribution in [0.4, 0.5) is 5.13 Å². The number of rotatable bonds is 6. The highest BCUT2D eigenvalue weighted by Gasteiger charge is 2.48. The molecule has 0 bridgehead atoms. The van der Waals surface area contributed by atoms with Crippen LogP contribution in [0.5, 0.6) is 5.75 Å². The minimum atomic E-state index is -0.921. The minimum absolute atomic E-state index is 0.0360. The van der Waals surface area contributed by atoms with Gasteiger partial charge < -0.3 is 14.2 Å². The second-order valence-corrected chi connectivity index (χ2v) is 11.2. The predicted molar refractivity (Wildman–Crippen MR) is 161 cm³/mol. The lowest BCUT2D eigenvalue weighted by Gasteiger charge is -2.23. The van der Waals surface area contributed by atoms with Crippen molar-refractivity contribution in [1.29, 1.82) is 0 Å². The molecule has 206 valence electrons. The van der Waals surface area contributed by atoms with Crippen molar-refractivity contribution in [3.63, 3.8) is 0 Å². The number of aromatic nitrogens is 3. The van der Waals surface area contributed by atoms with Crippen LogP contribution in [0, 0.1) is 27.7 Å². The molecule has 3 aromatic heterocycles. The summed E-state index contributed by atoms with van der Waals surface area (Å²) in [5.74, 6) is -1.26. The van der Waals surface area contributed by atoms with Crippen LogP contribution in [-0.4, -0.2) is 37.8 Å². The third-order valence-electron chi connectivity index (χ3n) is 7.34. The first kappa shape index (κ1) is 26.5. The number of aliphatic hydroxyl groups is 1. The molecule has 1 fully saturated rings. The Morgan fingerprint density at radius 1 is 1.07 bits per heavy atom. The average molecular weight is 565 g/mol. The van der Waals surface area contributed by atoms with Crippen molar-refractivity contribution >= 4 is 49.8 Å². The Morgan fingerprint density at radius 3 is 2.54 bits per heavy atom. The maximum Gasteiger partial charge on any atom is 0.301 e. The highest BCUT2D eigenvalue weighted by molar-refractivity contribution is 7.22. The molecule has 0 aliphatic carbocycles. The van der Waals surface area contributed by atoms with E-state index in [1.165, 1.54) is 16.2 Å². The molecule has 2 aromatic carbocycles. The van der Waals surface area contributed by atoms with Gasteiger partial charge in [-0.1, -0.05) is 48.3 Å². The third kappa shape index (κ3) is 4.29. The first-order chi connectivity index (χ1) is 19.7. The molecular formula is C32H28N4O4S. The maximum absolute atomic E-state index is 13.7. The molecule has 1 atom stereocenters. The van der Waals surface area contributed by atoms with Crippen molar-refractivity contribution in [3.8, 4) is 5.75 Å². The number of imidazole rings is 1. The predicted octanol–water partition coefficient (Wildman–Crippen LogP) is 6.37. The number of Topliss-reactive ketones (excluding diaryl/α,β-unsaturated/α-hetero) is 1. The van der Waals surface area contributed by atoms with E-state index in [4.69, 9.17) is 9.72 Å². The normalized spacial score (nSPS) is 16.7. The minimum Gasteiger partial charge on any atom is -0.505 e. The molecule has 1 N–H and O–H groups in total. The molecule has 8 nitrogen and oxygen atoms in total. The van der Waals surface area contributed by atoms with Crippen LogP contribution in [0.15, 0.2) is 73.0 Å². The van der Waals surface area contributed by atoms with Crippen LogP contribution in [-0.2, 0) is 9.59 Å². The molecule has 1 unspecified atom stereocenters. The Bertz CT molecular complexity index is 1920. The van der Waals surface area contributed by atoms with Crippen molar-refractivity contribution < 1.29 is 19.4 Å². The van der Waals surface area contributed by atoms with Gasteiger partial charge in [0.05, 0.1) is 27.5 Å². The Kier molecular flexibility index (Phi) is 6.46. The van der Waals surface area contributed by atoms with Crippen LogP contribution in [0.25, 0.3) is 21.6 Å².